The maximum atomic E-state index is 6.05. The van der Waals surface area contributed by atoms with Gasteiger partial charge in [-0.3, -0.25) is 0 Å². The summed E-state index contributed by atoms with van der Waals surface area (Å²) in [6.07, 6.45) is 6.06. The Balaban J connectivity index is 1.93. The maximum absolute atomic E-state index is 6.05. The fraction of sp³-hybridized carbons (Fsp3) is 0.800. The van der Waals surface area contributed by atoms with E-state index in [9.17, 15) is 0 Å². The van der Waals surface area contributed by atoms with E-state index in [0.29, 0.717) is 18.8 Å². The first kappa shape index (κ1) is 8.27. The number of hydrogen-bond acceptors (Lipinski definition) is 2. The van der Waals surface area contributed by atoms with Gasteiger partial charge in [-0.15, -0.1) is 6.58 Å². The summed E-state index contributed by atoms with van der Waals surface area (Å²) in [6.45, 7) is 4.30. The van der Waals surface area contributed by atoms with E-state index in [1.54, 1.807) is 6.08 Å². The third-order valence-corrected chi connectivity index (χ3v) is 3.31. The molecule has 4 unspecified atom stereocenters. The summed E-state index contributed by atoms with van der Waals surface area (Å²) < 4.78 is 5.66. The Labute approximate surface area is 73.8 Å². The minimum Gasteiger partial charge on any atom is -0.372 e. The van der Waals surface area contributed by atoms with Crippen molar-refractivity contribution in [3.8, 4) is 0 Å². The van der Waals surface area contributed by atoms with Crippen LogP contribution in [0.1, 0.15) is 19.3 Å². The summed E-state index contributed by atoms with van der Waals surface area (Å²) in [5, 5.41) is 0. The van der Waals surface area contributed by atoms with Crippen molar-refractivity contribution in [2.75, 3.05) is 6.61 Å². The van der Waals surface area contributed by atoms with Crippen LogP contribution in [0.4, 0.5) is 0 Å². The van der Waals surface area contributed by atoms with E-state index in [0.717, 1.165) is 11.8 Å². The number of ether oxygens (including phenoxy) is 1. The molecule has 0 aromatic heterocycles. The summed E-state index contributed by atoms with van der Waals surface area (Å²) in [5.74, 6) is 1.48. The van der Waals surface area contributed by atoms with Crippen LogP contribution >= 0.6 is 0 Å². The second kappa shape index (κ2) is 3.19. The third-order valence-electron chi connectivity index (χ3n) is 3.31. The number of hydrogen-bond donors (Lipinski definition) is 1. The predicted octanol–water partition coefficient (Wildman–Crippen LogP) is 1.31. The van der Waals surface area contributed by atoms with Gasteiger partial charge in [0.1, 0.15) is 0 Å². The molecule has 2 nitrogen and oxygen atoms in total. The summed E-state index contributed by atoms with van der Waals surface area (Å²) >= 11 is 0. The quantitative estimate of drug-likeness (QED) is 0.643. The molecule has 12 heavy (non-hydrogen) atoms. The fourth-order valence-corrected chi connectivity index (χ4v) is 2.71. The summed E-state index contributed by atoms with van der Waals surface area (Å²) in [7, 11) is 0. The maximum Gasteiger partial charge on any atom is 0.0761 e. The van der Waals surface area contributed by atoms with E-state index in [-0.39, 0.29) is 0 Å². The molecule has 2 saturated carbocycles. The molecule has 0 aliphatic heterocycles. The van der Waals surface area contributed by atoms with Gasteiger partial charge in [-0.05, 0) is 31.1 Å². The highest BCUT2D eigenvalue weighted by Crippen LogP contribution is 2.45. The molecular weight excluding hydrogens is 150 g/mol. The predicted molar refractivity (Wildman–Crippen MR) is 48.7 cm³/mol. The first-order valence-corrected chi connectivity index (χ1v) is 4.81. The standard InChI is InChI=1S/C10H17NO/c1-2-5-12-10-8-4-3-7(6-8)9(10)11/h2,7-10H,1,3-6,11H2. The molecule has 2 bridgehead atoms. The molecule has 4 atom stereocenters. The van der Waals surface area contributed by atoms with Gasteiger partial charge in [-0.2, -0.15) is 0 Å². The van der Waals surface area contributed by atoms with Crippen LogP contribution in [0.15, 0.2) is 12.7 Å². The highest BCUT2D eigenvalue weighted by atomic mass is 16.5. The van der Waals surface area contributed by atoms with Crippen LogP contribution in [0.3, 0.4) is 0 Å². The zero-order chi connectivity index (χ0) is 8.55. The largest absolute Gasteiger partial charge is 0.372 e. The van der Waals surface area contributed by atoms with Gasteiger partial charge in [0.15, 0.2) is 0 Å². The van der Waals surface area contributed by atoms with Crippen LogP contribution in [-0.4, -0.2) is 18.8 Å². The highest BCUT2D eigenvalue weighted by molar-refractivity contribution is 5.00. The zero-order valence-electron chi connectivity index (χ0n) is 7.41. The van der Waals surface area contributed by atoms with E-state index >= 15 is 0 Å². The molecule has 0 saturated heterocycles. The van der Waals surface area contributed by atoms with Gasteiger partial charge in [0.2, 0.25) is 0 Å². The Bertz CT molecular complexity index is 179. The molecule has 0 aromatic carbocycles. The Kier molecular flexibility index (Phi) is 2.20. The van der Waals surface area contributed by atoms with Gasteiger partial charge in [-0.25, -0.2) is 0 Å². The monoisotopic (exact) mass is 167 g/mol. The van der Waals surface area contributed by atoms with Crippen molar-refractivity contribution in [3.05, 3.63) is 12.7 Å². The van der Waals surface area contributed by atoms with Crippen LogP contribution in [0.5, 0.6) is 0 Å². The Morgan fingerprint density at radius 2 is 2.17 bits per heavy atom. The first-order chi connectivity index (χ1) is 5.83. The van der Waals surface area contributed by atoms with Gasteiger partial charge < -0.3 is 10.5 Å². The van der Waals surface area contributed by atoms with Crippen molar-refractivity contribution in [2.24, 2.45) is 17.6 Å². The summed E-state index contributed by atoms with van der Waals surface area (Å²) in [5.41, 5.74) is 6.05. The van der Waals surface area contributed by atoms with Crippen molar-refractivity contribution in [1.82, 2.24) is 0 Å². The Hall–Kier alpha value is -0.340. The molecule has 0 spiro atoms. The van der Waals surface area contributed by atoms with Crippen LogP contribution in [0.25, 0.3) is 0 Å². The van der Waals surface area contributed by atoms with Gasteiger partial charge in [0.05, 0.1) is 12.7 Å². The molecule has 68 valence electrons. The van der Waals surface area contributed by atoms with E-state index in [1.165, 1.54) is 19.3 Å². The number of rotatable bonds is 3. The van der Waals surface area contributed by atoms with E-state index in [1.807, 2.05) is 0 Å². The zero-order valence-corrected chi connectivity index (χ0v) is 7.41. The molecule has 0 heterocycles. The molecule has 2 rings (SSSR count). The normalized spacial score (nSPS) is 45.1. The molecular formula is C10H17NO. The molecule has 2 N–H and O–H groups in total. The van der Waals surface area contributed by atoms with Crippen LogP contribution in [-0.2, 0) is 4.74 Å². The van der Waals surface area contributed by atoms with Crippen molar-refractivity contribution >= 4 is 0 Å². The minimum absolute atomic E-state index is 0.295. The van der Waals surface area contributed by atoms with Crippen molar-refractivity contribution in [1.29, 1.82) is 0 Å². The SMILES string of the molecule is C=CCOC1C2CCC(C2)C1N. The molecule has 2 aliphatic carbocycles. The highest BCUT2D eigenvalue weighted by Gasteiger charge is 2.46. The lowest BCUT2D eigenvalue weighted by Gasteiger charge is -2.27. The van der Waals surface area contributed by atoms with Gasteiger partial charge in [-0.1, -0.05) is 6.08 Å². The van der Waals surface area contributed by atoms with Crippen molar-refractivity contribution in [2.45, 2.75) is 31.4 Å². The molecule has 2 fully saturated rings. The molecule has 0 amide bonds. The van der Waals surface area contributed by atoms with E-state index < -0.39 is 0 Å². The van der Waals surface area contributed by atoms with Crippen LogP contribution in [0, 0.1) is 11.8 Å². The van der Waals surface area contributed by atoms with Crippen LogP contribution in [0.2, 0.25) is 0 Å². The molecule has 0 radical (unpaired) electrons. The Morgan fingerprint density at radius 3 is 2.75 bits per heavy atom. The lowest BCUT2D eigenvalue weighted by atomic mass is 9.93. The second-order valence-corrected chi connectivity index (χ2v) is 4.00. The lowest BCUT2D eigenvalue weighted by Crippen LogP contribution is -2.41. The van der Waals surface area contributed by atoms with Gasteiger partial charge in [0, 0.05) is 6.04 Å². The summed E-state index contributed by atoms with van der Waals surface area (Å²) in [6, 6.07) is 0.295. The minimum atomic E-state index is 0.295. The second-order valence-electron chi connectivity index (χ2n) is 4.00. The average molecular weight is 167 g/mol. The fourth-order valence-electron chi connectivity index (χ4n) is 2.71. The number of fused-ring (bicyclic) bond motifs is 2. The number of nitrogens with two attached hydrogens (primary N) is 1. The van der Waals surface area contributed by atoms with Crippen LogP contribution < -0.4 is 5.73 Å². The van der Waals surface area contributed by atoms with E-state index in [2.05, 4.69) is 6.58 Å². The topological polar surface area (TPSA) is 35.2 Å². The van der Waals surface area contributed by atoms with Gasteiger partial charge in [0.25, 0.3) is 0 Å². The van der Waals surface area contributed by atoms with Crippen molar-refractivity contribution in [3.63, 3.8) is 0 Å². The molecule has 2 aliphatic rings. The van der Waals surface area contributed by atoms with Gasteiger partial charge >= 0.3 is 0 Å². The molecule has 0 aromatic rings. The third kappa shape index (κ3) is 1.19. The average Bonchev–Trinajstić information content (AvgIpc) is 2.62. The first-order valence-electron chi connectivity index (χ1n) is 4.81. The Morgan fingerprint density at radius 1 is 1.42 bits per heavy atom. The van der Waals surface area contributed by atoms with E-state index in [4.69, 9.17) is 10.5 Å². The molecule has 2 heteroatoms. The van der Waals surface area contributed by atoms with Crippen molar-refractivity contribution < 1.29 is 4.74 Å². The smallest absolute Gasteiger partial charge is 0.0761 e. The summed E-state index contributed by atoms with van der Waals surface area (Å²) in [4.78, 5) is 0. The lowest BCUT2D eigenvalue weighted by molar-refractivity contribution is 0.0208.